The SMILES string of the molecule is CC(C)CC(O)c1ncc(Cl)cc1Cl. The van der Waals surface area contributed by atoms with Gasteiger partial charge in [-0.05, 0) is 18.4 Å². The van der Waals surface area contributed by atoms with Gasteiger partial charge in [0.25, 0.3) is 0 Å². The lowest BCUT2D eigenvalue weighted by Gasteiger charge is -2.13. The molecule has 0 saturated heterocycles. The molecule has 78 valence electrons. The Bertz CT molecular complexity index is 315. The van der Waals surface area contributed by atoms with E-state index in [-0.39, 0.29) is 0 Å². The average Bonchev–Trinajstić information content (AvgIpc) is 2.01. The molecule has 0 saturated carbocycles. The van der Waals surface area contributed by atoms with Crippen LogP contribution in [0.2, 0.25) is 10.0 Å². The zero-order valence-corrected chi connectivity index (χ0v) is 9.68. The summed E-state index contributed by atoms with van der Waals surface area (Å²) in [5, 5.41) is 10.7. The van der Waals surface area contributed by atoms with E-state index in [4.69, 9.17) is 23.2 Å². The fourth-order valence-electron chi connectivity index (χ4n) is 1.23. The number of aliphatic hydroxyl groups excluding tert-OH is 1. The normalized spacial score (nSPS) is 13.3. The van der Waals surface area contributed by atoms with Gasteiger partial charge in [-0.1, -0.05) is 37.0 Å². The Hall–Kier alpha value is -0.310. The molecule has 0 aliphatic heterocycles. The Kier molecular flexibility index (Phi) is 4.17. The standard InChI is InChI=1S/C10H13Cl2NO/c1-6(2)3-9(14)10-8(12)4-7(11)5-13-10/h4-6,9,14H,3H2,1-2H3. The molecule has 1 unspecified atom stereocenters. The van der Waals surface area contributed by atoms with E-state index in [1.54, 1.807) is 6.07 Å². The van der Waals surface area contributed by atoms with Crippen LogP contribution in [0.25, 0.3) is 0 Å². The van der Waals surface area contributed by atoms with Gasteiger partial charge in [0.15, 0.2) is 0 Å². The molecule has 1 aromatic rings. The summed E-state index contributed by atoms with van der Waals surface area (Å²) in [6.07, 6.45) is 1.53. The Balaban J connectivity index is 2.84. The first-order valence-corrected chi connectivity index (χ1v) is 5.25. The lowest BCUT2D eigenvalue weighted by molar-refractivity contribution is 0.146. The molecule has 2 nitrogen and oxygen atoms in total. The van der Waals surface area contributed by atoms with Gasteiger partial charge in [0.1, 0.15) is 0 Å². The highest BCUT2D eigenvalue weighted by Gasteiger charge is 2.14. The predicted octanol–water partition coefficient (Wildman–Crippen LogP) is 3.47. The van der Waals surface area contributed by atoms with Crippen molar-refractivity contribution in [3.63, 3.8) is 0 Å². The van der Waals surface area contributed by atoms with Gasteiger partial charge in [-0.25, -0.2) is 0 Å². The van der Waals surface area contributed by atoms with E-state index < -0.39 is 6.10 Å². The van der Waals surface area contributed by atoms with Gasteiger partial charge in [0.2, 0.25) is 0 Å². The van der Waals surface area contributed by atoms with Crippen LogP contribution < -0.4 is 0 Å². The molecule has 1 heterocycles. The summed E-state index contributed by atoms with van der Waals surface area (Å²) in [5.41, 5.74) is 0.504. The Morgan fingerprint density at radius 1 is 1.43 bits per heavy atom. The number of hydrogen-bond acceptors (Lipinski definition) is 2. The van der Waals surface area contributed by atoms with Crippen LogP contribution in [0.4, 0.5) is 0 Å². The lowest BCUT2D eigenvalue weighted by atomic mass is 10.0. The van der Waals surface area contributed by atoms with Crippen LogP contribution in [-0.2, 0) is 0 Å². The van der Waals surface area contributed by atoms with Crippen molar-refractivity contribution in [2.24, 2.45) is 5.92 Å². The van der Waals surface area contributed by atoms with Crippen molar-refractivity contribution in [1.82, 2.24) is 4.98 Å². The second kappa shape index (κ2) is 4.96. The van der Waals surface area contributed by atoms with Gasteiger partial charge < -0.3 is 5.11 Å². The van der Waals surface area contributed by atoms with Gasteiger partial charge in [0, 0.05) is 6.20 Å². The van der Waals surface area contributed by atoms with Crippen LogP contribution >= 0.6 is 23.2 Å². The van der Waals surface area contributed by atoms with Crippen molar-refractivity contribution in [2.75, 3.05) is 0 Å². The molecular formula is C10H13Cl2NO. The smallest absolute Gasteiger partial charge is 0.0977 e. The summed E-state index contributed by atoms with van der Waals surface area (Å²) < 4.78 is 0. The highest BCUT2D eigenvalue weighted by atomic mass is 35.5. The first kappa shape index (κ1) is 11.8. The van der Waals surface area contributed by atoms with Crippen LogP contribution in [0.3, 0.4) is 0 Å². The summed E-state index contributed by atoms with van der Waals surface area (Å²) in [4.78, 5) is 4.02. The minimum Gasteiger partial charge on any atom is -0.387 e. The third kappa shape index (κ3) is 3.12. The molecule has 0 aliphatic rings. The zero-order chi connectivity index (χ0) is 10.7. The molecule has 4 heteroatoms. The summed E-state index contributed by atoms with van der Waals surface area (Å²) in [5.74, 6) is 0.401. The first-order valence-electron chi connectivity index (χ1n) is 4.49. The molecule has 1 aromatic heterocycles. The van der Waals surface area contributed by atoms with Crippen molar-refractivity contribution in [3.05, 3.63) is 28.0 Å². The van der Waals surface area contributed by atoms with Crippen LogP contribution in [0.15, 0.2) is 12.3 Å². The molecule has 14 heavy (non-hydrogen) atoms. The van der Waals surface area contributed by atoms with Gasteiger partial charge in [0.05, 0.1) is 21.8 Å². The Morgan fingerprint density at radius 2 is 2.07 bits per heavy atom. The highest BCUT2D eigenvalue weighted by Crippen LogP contribution is 2.27. The topological polar surface area (TPSA) is 33.1 Å². The summed E-state index contributed by atoms with van der Waals surface area (Å²) >= 11 is 11.6. The first-order chi connectivity index (χ1) is 6.50. The molecule has 0 aliphatic carbocycles. The molecular weight excluding hydrogens is 221 g/mol. The minimum atomic E-state index is -0.611. The zero-order valence-electron chi connectivity index (χ0n) is 8.17. The van der Waals surface area contributed by atoms with E-state index in [0.29, 0.717) is 28.1 Å². The molecule has 1 rings (SSSR count). The third-order valence-corrected chi connectivity index (χ3v) is 2.36. The summed E-state index contributed by atoms with van der Waals surface area (Å²) in [6.45, 7) is 4.07. The Morgan fingerprint density at radius 3 is 2.57 bits per heavy atom. The molecule has 0 bridgehead atoms. The monoisotopic (exact) mass is 233 g/mol. The average molecular weight is 234 g/mol. The Labute approximate surface area is 93.9 Å². The number of aromatic nitrogens is 1. The fourth-order valence-corrected chi connectivity index (χ4v) is 1.73. The summed E-state index contributed by atoms with van der Waals surface area (Å²) in [7, 11) is 0. The molecule has 0 amide bonds. The largest absolute Gasteiger partial charge is 0.387 e. The number of hydrogen-bond donors (Lipinski definition) is 1. The summed E-state index contributed by atoms with van der Waals surface area (Å²) in [6, 6.07) is 1.59. The van der Waals surface area contributed by atoms with Crippen LogP contribution in [-0.4, -0.2) is 10.1 Å². The molecule has 0 spiro atoms. The number of pyridine rings is 1. The predicted molar refractivity (Wildman–Crippen MR) is 58.7 cm³/mol. The van der Waals surface area contributed by atoms with Crippen molar-refractivity contribution >= 4 is 23.2 Å². The quantitative estimate of drug-likeness (QED) is 0.868. The number of nitrogens with zero attached hydrogens (tertiary/aromatic N) is 1. The van der Waals surface area contributed by atoms with E-state index in [1.165, 1.54) is 6.20 Å². The van der Waals surface area contributed by atoms with Crippen LogP contribution in [0.1, 0.15) is 32.1 Å². The van der Waals surface area contributed by atoms with E-state index in [0.717, 1.165) is 0 Å². The van der Waals surface area contributed by atoms with Crippen molar-refractivity contribution < 1.29 is 5.11 Å². The molecule has 1 N–H and O–H groups in total. The van der Waals surface area contributed by atoms with Gasteiger partial charge in [-0.2, -0.15) is 0 Å². The molecule has 0 radical (unpaired) electrons. The van der Waals surface area contributed by atoms with E-state index in [1.807, 2.05) is 13.8 Å². The molecule has 0 aromatic carbocycles. The fraction of sp³-hybridized carbons (Fsp3) is 0.500. The van der Waals surface area contributed by atoms with E-state index in [2.05, 4.69) is 4.98 Å². The van der Waals surface area contributed by atoms with Gasteiger partial charge in [-0.3, -0.25) is 4.98 Å². The minimum absolute atomic E-state index is 0.401. The molecule has 1 atom stereocenters. The number of rotatable bonds is 3. The van der Waals surface area contributed by atoms with Crippen LogP contribution in [0, 0.1) is 5.92 Å². The van der Waals surface area contributed by atoms with E-state index in [9.17, 15) is 5.11 Å². The second-order valence-corrected chi connectivity index (χ2v) is 4.51. The van der Waals surface area contributed by atoms with Gasteiger partial charge >= 0.3 is 0 Å². The maximum Gasteiger partial charge on any atom is 0.0977 e. The van der Waals surface area contributed by atoms with Crippen molar-refractivity contribution in [1.29, 1.82) is 0 Å². The lowest BCUT2D eigenvalue weighted by Crippen LogP contribution is -2.04. The van der Waals surface area contributed by atoms with Gasteiger partial charge in [-0.15, -0.1) is 0 Å². The second-order valence-electron chi connectivity index (χ2n) is 3.67. The number of aliphatic hydroxyl groups is 1. The molecule has 0 fully saturated rings. The maximum atomic E-state index is 9.77. The van der Waals surface area contributed by atoms with Crippen molar-refractivity contribution in [2.45, 2.75) is 26.4 Å². The van der Waals surface area contributed by atoms with Crippen molar-refractivity contribution in [3.8, 4) is 0 Å². The highest BCUT2D eigenvalue weighted by molar-refractivity contribution is 6.34. The van der Waals surface area contributed by atoms with Crippen LogP contribution in [0.5, 0.6) is 0 Å². The van der Waals surface area contributed by atoms with E-state index >= 15 is 0 Å². The maximum absolute atomic E-state index is 9.77. The third-order valence-electron chi connectivity index (χ3n) is 1.85. The number of halogens is 2.